The third-order valence-electron chi connectivity index (χ3n) is 2.73. The van der Waals surface area contributed by atoms with Crippen molar-refractivity contribution in [1.82, 2.24) is 5.32 Å². The van der Waals surface area contributed by atoms with Crippen molar-refractivity contribution in [2.24, 2.45) is 0 Å². The van der Waals surface area contributed by atoms with Gasteiger partial charge < -0.3 is 14.8 Å². The lowest BCUT2D eigenvalue weighted by Gasteiger charge is -2.25. The lowest BCUT2D eigenvalue weighted by molar-refractivity contribution is -0.151. The van der Waals surface area contributed by atoms with Gasteiger partial charge in [0.15, 0.2) is 5.54 Å². The summed E-state index contributed by atoms with van der Waals surface area (Å²) >= 11 is 0. The Hall–Kier alpha value is -1.10. The molecule has 0 aromatic rings. The lowest BCUT2D eigenvalue weighted by atomic mass is 9.98. The number of carbonyl (C=O) groups excluding carboxylic acids is 2. The summed E-state index contributed by atoms with van der Waals surface area (Å²) in [6.07, 6.45) is 2.70. The van der Waals surface area contributed by atoms with Crippen LogP contribution < -0.4 is 5.32 Å². The first-order chi connectivity index (χ1) is 7.64. The van der Waals surface area contributed by atoms with Gasteiger partial charge in [-0.1, -0.05) is 13.3 Å². The maximum Gasteiger partial charge on any atom is 0.334 e. The van der Waals surface area contributed by atoms with Gasteiger partial charge >= 0.3 is 5.97 Å². The predicted octanol–water partition coefficient (Wildman–Crippen LogP) is 0.625. The van der Waals surface area contributed by atoms with Crippen molar-refractivity contribution in [1.29, 1.82) is 0 Å². The Labute approximate surface area is 95.5 Å². The summed E-state index contributed by atoms with van der Waals surface area (Å²) in [7, 11) is 1.32. The second-order valence-corrected chi connectivity index (χ2v) is 4.03. The summed E-state index contributed by atoms with van der Waals surface area (Å²) in [6.45, 7) is 2.70. The first-order valence-corrected chi connectivity index (χ1v) is 5.62. The molecule has 0 aliphatic carbocycles. The minimum Gasteiger partial charge on any atom is -0.467 e. The summed E-state index contributed by atoms with van der Waals surface area (Å²) in [4.78, 5) is 23.2. The van der Waals surface area contributed by atoms with E-state index in [0.717, 1.165) is 12.8 Å². The molecular weight excluding hydrogens is 210 g/mol. The zero-order chi connectivity index (χ0) is 12.0. The van der Waals surface area contributed by atoms with Crippen LogP contribution >= 0.6 is 0 Å². The number of hydrogen-bond donors (Lipinski definition) is 1. The van der Waals surface area contributed by atoms with E-state index in [0.29, 0.717) is 19.4 Å². The highest BCUT2D eigenvalue weighted by Crippen LogP contribution is 2.20. The molecule has 0 radical (unpaired) electrons. The molecule has 1 N–H and O–H groups in total. The highest BCUT2D eigenvalue weighted by Gasteiger charge is 2.44. The van der Waals surface area contributed by atoms with E-state index in [1.54, 1.807) is 0 Å². The van der Waals surface area contributed by atoms with Gasteiger partial charge in [-0.15, -0.1) is 0 Å². The molecule has 1 aliphatic rings. The molecule has 0 aromatic heterocycles. The van der Waals surface area contributed by atoms with Crippen LogP contribution in [0.15, 0.2) is 0 Å². The predicted molar refractivity (Wildman–Crippen MR) is 57.9 cm³/mol. The molecule has 1 heterocycles. The van der Waals surface area contributed by atoms with Crippen LogP contribution in [-0.2, 0) is 19.1 Å². The van der Waals surface area contributed by atoms with E-state index < -0.39 is 11.5 Å². The first kappa shape index (κ1) is 13.0. The Balaban J connectivity index is 2.57. The number of amides is 1. The average Bonchev–Trinajstić information content (AvgIpc) is 2.75. The van der Waals surface area contributed by atoms with Crippen LogP contribution in [0.5, 0.6) is 0 Å². The molecule has 0 spiro atoms. The first-order valence-electron chi connectivity index (χ1n) is 5.62. The molecule has 0 bridgehead atoms. The van der Waals surface area contributed by atoms with E-state index in [1.165, 1.54) is 7.11 Å². The number of methoxy groups -OCH3 is 1. The smallest absolute Gasteiger partial charge is 0.334 e. The van der Waals surface area contributed by atoms with Gasteiger partial charge in [0.2, 0.25) is 5.91 Å². The lowest BCUT2D eigenvalue weighted by Crippen LogP contribution is -2.55. The van der Waals surface area contributed by atoms with Gasteiger partial charge in [-0.3, -0.25) is 4.79 Å². The van der Waals surface area contributed by atoms with Crippen LogP contribution in [0.3, 0.4) is 0 Å². The zero-order valence-corrected chi connectivity index (χ0v) is 9.88. The fraction of sp³-hybridized carbons (Fsp3) is 0.818. The van der Waals surface area contributed by atoms with Crippen LogP contribution in [0, 0.1) is 0 Å². The van der Waals surface area contributed by atoms with Gasteiger partial charge in [0.25, 0.3) is 0 Å². The Morgan fingerprint density at radius 2 is 2.25 bits per heavy atom. The molecule has 0 saturated carbocycles. The van der Waals surface area contributed by atoms with Crippen LogP contribution in [-0.4, -0.2) is 37.7 Å². The summed E-state index contributed by atoms with van der Waals surface area (Å²) in [5.41, 5.74) is -0.959. The van der Waals surface area contributed by atoms with Crippen LogP contribution in [0.25, 0.3) is 0 Å². The highest BCUT2D eigenvalue weighted by molar-refractivity contribution is 5.88. The van der Waals surface area contributed by atoms with Gasteiger partial charge in [0, 0.05) is 19.4 Å². The van der Waals surface area contributed by atoms with E-state index in [1.807, 2.05) is 6.92 Å². The maximum atomic E-state index is 11.6. The van der Waals surface area contributed by atoms with Crippen molar-refractivity contribution in [3.63, 3.8) is 0 Å². The molecular formula is C11H19NO4. The van der Waals surface area contributed by atoms with Crippen molar-refractivity contribution in [3.05, 3.63) is 0 Å². The van der Waals surface area contributed by atoms with Gasteiger partial charge in [-0.2, -0.15) is 0 Å². The molecule has 5 nitrogen and oxygen atoms in total. The number of unbranched alkanes of at least 4 members (excludes halogenated alkanes) is 1. The van der Waals surface area contributed by atoms with Gasteiger partial charge in [0.05, 0.1) is 13.7 Å². The van der Waals surface area contributed by atoms with Gasteiger partial charge in [-0.05, 0) is 6.42 Å². The largest absolute Gasteiger partial charge is 0.467 e. The van der Waals surface area contributed by atoms with E-state index in [2.05, 4.69) is 5.32 Å². The van der Waals surface area contributed by atoms with E-state index in [-0.39, 0.29) is 12.5 Å². The fourth-order valence-corrected chi connectivity index (χ4v) is 1.74. The monoisotopic (exact) mass is 229 g/mol. The summed E-state index contributed by atoms with van der Waals surface area (Å²) < 4.78 is 9.88. The topological polar surface area (TPSA) is 64.6 Å². The molecule has 16 heavy (non-hydrogen) atoms. The van der Waals surface area contributed by atoms with Crippen molar-refractivity contribution in [3.8, 4) is 0 Å². The van der Waals surface area contributed by atoms with E-state index in [4.69, 9.17) is 9.47 Å². The Morgan fingerprint density at radius 1 is 1.50 bits per heavy atom. The minimum atomic E-state index is -0.959. The molecule has 92 valence electrons. The zero-order valence-electron chi connectivity index (χ0n) is 9.88. The number of rotatable bonds is 5. The number of esters is 1. The molecule has 5 heteroatoms. The Morgan fingerprint density at radius 3 is 2.75 bits per heavy atom. The molecule has 1 saturated heterocycles. The molecule has 1 unspecified atom stereocenters. The van der Waals surface area contributed by atoms with E-state index in [9.17, 15) is 9.59 Å². The average molecular weight is 229 g/mol. The van der Waals surface area contributed by atoms with Gasteiger partial charge in [-0.25, -0.2) is 4.79 Å². The maximum absolute atomic E-state index is 11.6. The van der Waals surface area contributed by atoms with Crippen LogP contribution in [0.2, 0.25) is 0 Å². The fourth-order valence-electron chi connectivity index (χ4n) is 1.74. The highest BCUT2D eigenvalue weighted by atomic mass is 16.5. The number of hydrogen-bond acceptors (Lipinski definition) is 4. The molecule has 1 fully saturated rings. The van der Waals surface area contributed by atoms with Crippen molar-refractivity contribution >= 4 is 11.9 Å². The second-order valence-electron chi connectivity index (χ2n) is 4.03. The Bertz CT molecular complexity index is 259. The number of carbonyl (C=O) groups is 2. The molecule has 1 amide bonds. The van der Waals surface area contributed by atoms with Gasteiger partial charge in [0.1, 0.15) is 0 Å². The minimum absolute atomic E-state index is 0.113. The second kappa shape index (κ2) is 5.84. The Kier molecular flexibility index (Phi) is 4.73. The summed E-state index contributed by atoms with van der Waals surface area (Å²) in [5, 5.41) is 2.74. The number of nitrogens with one attached hydrogen (secondary N) is 1. The van der Waals surface area contributed by atoms with Crippen LogP contribution in [0.1, 0.15) is 32.6 Å². The quantitative estimate of drug-likeness (QED) is 0.702. The van der Waals surface area contributed by atoms with E-state index >= 15 is 0 Å². The molecule has 0 aromatic carbocycles. The normalized spacial score (nSPS) is 24.1. The molecule has 1 aliphatic heterocycles. The third-order valence-corrected chi connectivity index (χ3v) is 2.73. The third kappa shape index (κ3) is 2.95. The van der Waals surface area contributed by atoms with Crippen molar-refractivity contribution < 1.29 is 19.1 Å². The molecule has 1 atom stereocenters. The number of ether oxygens (including phenoxy) is 2. The standard InChI is InChI=1S/C11H19NO4/c1-3-4-5-9(13)12-11(10(14)15-2)6-7-16-8-11/h3-8H2,1-2H3,(H,12,13). The summed E-state index contributed by atoms with van der Waals surface area (Å²) in [6, 6.07) is 0. The SMILES string of the molecule is CCCCC(=O)NC1(C(=O)OC)CCOC1. The molecule has 1 rings (SSSR count). The van der Waals surface area contributed by atoms with Crippen molar-refractivity contribution in [2.45, 2.75) is 38.1 Å². The summed E-state index contributed by atoms with van der Waals surface area (Å²) in [5.74, 6) is -0.535. The van der Waals surface area contributed by atoms with Crippen LogP contribution in [0.4, 0.5) is 0 Å². The van der Waals surface area contributed by atoms with Crippen molar-refractivity contribution in [2.75, 3.05) is 20.3 Å².